The number of likely N-dealkylation sites (tertiary alicyclic amines) is 1. The largest absolute Gasteiger partial charge is 0.375 e. The normalized spacial score (nSPS) is 32.5. The van der Waals surface area contributed by atoms with Gasteiger partial charge < -0.3 is 19.7 Å². The Morgan fingerprint density at radius 2 is 1.68 bits per heavy atom. The number of aliphatic imine (C=N–C) groups is 1. The minimum Gasteiger partial charge on any atom is -0.375 e. The second-order valence-corrected chi connectivity index (χ2v) is 9.14. The van der Waals surface area contributed by atoms with E-state index in [2.05, 4.69) is 20.1 Å². The summed E-state index contributed by atoms with van der Waals surface area (Å²) in [7, 11) is 1.92. The van der Waals surface area contributed by atoms with Crippen molar-refractivity contribution in [1.82, 2.24) is 15.1 Å². The molecule has 6 nitrogen and oxygen atoms in total. The number of guanidine groups is 1. The Balaban J connectivity index is 1.37. The van der Waals surface area contributed by atoms with Gasteiger partial charge in [-0.25, -0.2) is 0 Å². The van der Waals surface area contributed by atoms with Gasteiger partial charge in [0.05, 0.1) is 12.7 Å². The minimum atomic E-state index is 0.181. The monoisotopic (exact) mass is 392 g/mol. The molecule has 6 heteroatoms. The van der Waals surface area contributed by atoms with Crippen LogP contribution in [0.2, 0.25) is 0 Å². The van der Waals surface area contributed by atoms with Crippen LogP contribution in [0.5, 0.6) is 0 Å². The maximum absolute atomic E-state index is 6.04. The molecule has 4 aliphatic rings. The zero-order chi connectivity index (χ0) is 19.2. The van der Waals surface area contributed by atoms with E-state index in [0.29, 0.717) is 5.54 Å². The average Bonchev–Trinajstić information content (AvgIpc) is 3.31. The summed E-state index contributed by atoms with van der Waals surface area (Å²) in [5.74, 6) is 1.05. The average molecular weight is 393 g/mol. The third-order valence-electron chi connectivity index (χ3n) is 7.37. The van der Waals surface area contributed by atoms with Crippen LogP contribution < -0.4 is 5.32 Å². The lowest BCUT2D eigenvalue weighted by molar-refractivity contribution is -0.0818. The van der Waals surface area contributed by atoms with Gasteiger partial charge in [-0.05, 0) is 51.6 Å². The summed E-state index contributed by atoms with van der Waals surface area (Å²) in [6.07, 6.45) is 13.7. The first-order chi connectivity index (χ1) is 13.8. The van der Waals surface area contributed by atoms with E-state index in [0.717, 1.165) is 51.6 Å². The number of rotatable bonds is 4. The van der Waals surface area contributed by atoms with Crippen molar-refractivity contribution in [3.8, 4) is 0 Å². The van der Waals surface area contributed by atoms with Crippen LogP contribution in [0.3, 0.4) is 0 Å². The van der Waals surface area contributed by atoms with E-state index >= 15 is 0 Å². The fourth-order valence-electron chi connectivity index (χ4n) is 5.75. The van der Waals surface area contributed by atoms with E-state index < -0.39 is 0 Å². The van der Waals surface area contributed by atoms with Crippen LogP contribution in [-0.4, -0.2) is 86.5 Å². The molecule has 4 rings (SSSR count). The Hall–Kier alpha value is -0.850. The summed E-state index contributed by atoms with van der Waals surface area (Å²) in [6.45, 7) is 7.04. The van der Waals surface area contributed by atoms with Crippen LogP contribution in [0.25, 0.3) is 0 Å². The number of morpholine rings is 1. The van der Waals surface area contributed by atoms with Crippen LogP contribution in [0.15, 0.2) is 4.99 Å². The van der Waals surface area contributed by atoms with Crippen LogP contribution in [0.4, 0.5) is 0 Å². The zero-order valence-electron chi connectivity index (χ0n) is 17.8. The quantitative estimate of drug-likeness (QED) is 0.589. The summed E-state index contributed by atoms with van der Waals surface area (Å²) in [5.41, 5.74) is 0.328. The predicted molar refractivity (Wildman–Crippen MR) is 113 cm³/mol. The molecule has 3 saturated heterocycles. The highest BCUT2D eigenvalue weighted by molar-refractivity contribution is 5.80. The summed E-state index contributed by atoms with van der Waals surface area (Å²) >= 11 is 0. The molecule has 1 saturated carbocycles. The molecule has 0 aromatic rings. The number of piperidine rings is 1. The molecule has 0 radical (unpaired) electrons. The SMILES string of the molecule is CN=C(NCC1(N2CCCCC2)CCCCC1)N1CCOC(C2CCCO2)C1. The molecule has 160 valence electrons. The summed E-state index contributed by atoms with van der Waals surface area (Å²) in [4.78, 5) is 9.85. The van der Waals surface area contributed by atoms with Crippen molar-refractivity contribution in [3.63, 3.8) is 0 Å². The van der Waals surface area contributed by atoms with Gasteiger partial charge in [0.1, 0.15) is 6.10 Å². The third-order valence-corrected chi connectivity index (χ3v) is 7.37. The molecule has 0 aromatic carbocycles. The summed E-state index contributed by atoms with van der Waals surface area (Å²) in [5, 5.41) is 3.80. The molecule has 0 bridgehead atoms. The van der Waals surface area contributed by atoms with Gasteiger partial charge in [0, 0.05) is 38.8 Å². The van der Waals surface area contributed by atoms with Crippen molar-refractivity contribution in [2.24, 2.45) is 4.99 Å². The standard InChI is InChI=1S/C22H40N4O2/c1-23-21(25-14-16-28-20(17-25)19-9-8-15-27-19)24-18-22(10-4-2-5-11-22)26-12-6-3-7-13-26/h19-20H,2-18H2,1H3,(H,23,24). The molecule has 1 aliphatic carbocycles. The Kier molecular flexibility index (Phi) is 7.13. The molecule has 3 heterocycles. The van der Waals surface area contributed by atoms with Crippen molar-refractivity contribution in [2.75, 3.05) is 53.0 Å². The third kappa shape index (κ3) is 4.65. The van der Waals surface area contributed by atoms with Gasteiger partial charge >= 0.3 is 0 Å². The lowest BCUT2D eigenvalue weighted by atomic mass is 9.79. The predicted octanol–water partition coefficient (Wildman–Crippen LogP) is 2.63. The first-order valence-corrected chi connectivity index (χ1v) is 11.7. The maximum Gasteiger partial charge on any atom is 0.193 e. The van der Waals surface area contributed by atoms with E-state index in [-0.39, 0.29) is 12.2 Å². The van der Waals surface area contributed by atoms with Crippen molar-refractivity contribution in [3.05, 3.63) is 0 Å². The number of nitrogens with one attached hydrogen (secondary N) is 1. The van der Waals surface area contributed by atoms with Crippen molar-refractivity contribution >= 4 is 5.96 Å². The molecular formula is C22H40N4O2. The molecule has 3 aliphatic heterocycles. The Morgan fingerprint density at radius 3 is 2.39 bits per heavy atom. The van der Waals surface area contributed by atoms with Crippen molar-refractivity contribution in [2.45, 2.75) is 82.0 Å². The highest BCUT2D eigenvalue weighted by Crippen LogP contribution is 2.35. The molecule has 2 unspecified atom stereocenters. The smallest absolute Gasteiger partial charge is 0.193 e. The van der Waals surface area contributed by atoms with Crippen LogP contribution in [0, 0.1) is 0 Å². The van der Waals surface area contributed by atoms with Gasteiger partial charge in [0.15, 0.2) is 5.96 Å². The highest BCUT2D eigenvalue weighted by atomic mass is 16.5. The second kappa shape index (κ2) is 9.77. The second-order valence-electron chi connectivity index (χ2n) is 9.14. The van der Waals surface area contributed by atoms with Crippen LogP contribution in [0.1, 0.15) is 64.2 Å². The molecule has 4 fully saturated rings. The number of nitrogens with zero attached hydrogens (tertiary/aromatic N) is 3. The van der Waals surface area contributed by atoms with Gasteiger partial charge in [-0.15, -0.1) is 0 Å². The maximum atomic E-state index is 6.04. The molecule has 0 spiro atoms. The van der Waals surface area contributed by atoms with Crippen molar-refractivity contribution < 1.29 is 9.47 Å². The first-order valence-electron chi connectivity index (χ1n) is 11.7. The Labute approximate surface area is 171 Å². The van der Waals surface area contributed by atoms with E-state index in [1.54, 1.807) is 0 Å². The van der Waals surface area contributed by atoms with Gasteiger partial charge in [-0.1, -0.05) is 25.7 Å². The fourth-order valence-corrected chi connectivity index (χ4v) is 5.75. The van der Waals surface area contributed by atoms with E-state index in [1.807, 2.05) is 7.05 Å². The molecule has 0 aromatic heterocycles. The lowest BCUT2D eigenvalue weighted by Crippen LogP contribution is -2.60. The van der Waals surface area contributed by atoms with Gasteiger partial charge in [-0.3, -0.25) is 9.89 Å². The summed E-state index contributed by atoms with van der Waals surface area (Å²) < 4.78 is 11.9. The molecule has 28 heavy (non-hydrogen) atoms. The van der Waals surface area contributed by atoms with Gasteiger partial charge in [-0.2, -0.15) is 0 Å². The topological polar surface area (TPSA) is 49.3 Å². The fraction of sp³-hybridized carbons (Fsp3) is 0.955. The zero-order valence-corrected chi connectivity index (χ0v) is 17.8. The lowest BCUT2D eigenvalue weighted by Gasteiger charge is -2.49. The first kappa shape index (κ1) is 20.4. The number of hydrogen-bond acceptors (Lipinski definition) is 4. The molecule has 2 atom stereocenters. The highest BCUT2D eigenvalue weighted by Gasteiger charge is 2.39. The van der Waals surface area contributed by atoms with E-state index in [4.69, 9.17) is 9.47 Å². The Morgan fingerprint density at radius 1 is 0.929 bits per heavy atom. The van der Waals surface area contributed by atoms with E-state index in [9.17, 15) is 0 Å². The van der Waals surface area contributed by atoms with Gasteiger partial charge in [0.2, 0.25) is 0 Å². The molecule has 0 amide bonds. The van der Waals surface area contributed by atoms with Crippen molar-refractivity contribution in [1.29, 1.82) is 0 Å². The number of hydrogen-bond donors (Lipinski definition) is 1. The number of ether oxygens (including phenoxy) is 2. The summed E-state index contributed by atoms with van der Waals surface area (Å²) in [6, 6.07) is 0. The van der Waals surface area contributed by atoms with Crippen LogP contribution in [-0.2, 0) is 9.47 Å². The molecular weight excluding hydrogens is 352 g/mol. The molecule has 1 N–H and O–H groups in total. The minimum absolute atomic E-state index is 0.181. The van der Waals surface area contributed by atoms with E-state index in [1.165, 1.54) is 64.5 Å². The van der Waals surface area contributed by atoms with Crippen LogP contribution >= 0.6 is 0 Å². The Bertz CT molecular complexity index is 509. The van der Waals surface area contributed by atoms with Gasteiger partial charge in [0.25, 0.3) is 0 Å².